The molecule has 110 valence electrons. The average Bonchev–Trinajstić information content (AvgIpc) is 2.41. The van der Waals surface area contributed by atoms with Crippen LogP contribution in [-0.4, -0.2) is 19.4 Å². The first-order valence-electron chi connectivity index (χ1n) is 5.58. The summed E-state index contributed by atoms with van der Waals surface area (Å²) in [6.45, 7) is 0. The number of anilines is 1. The third kappa shape index (κ3) is 4.16. The largest absolute Gasteiger partial charge is 0.334 e. The van der Waals surface area contributed by atoms with E-state index in [-0.39, 0.29) is 15.7 Å². The topological polar surface area (TPSA) is 88.2 Å². The molecule has 1 aromatic carbocycles. The molecule has 1 heterocycles. The Morgan fingerprint density at radius 3 is 2.52 bits per heavy atom. The summed E-state index contributed by atoms with van der Waals surface area (Å²) in [5, 5.41) is 2.34. The molecule has 9 heteroatoms. The van der Waals surface area contributed by atoms with Crippen molar-refractivity contribution in [2.75, 3.05) is 5.32 Å². The molecule has 2 rings (SSSR count). The first-order chi connectivity index (χ1) is 9.88. The van der Waals surface area contributed by atoms with Gasteiger partial charge in [-0.1, -0.05) is 23.7 Å². The number of benzene rings is 1. The summed E-state index contributed by atoms with van der Waals surface area (Å²) in [7, 11) is -4.05. The molecule has 21 heavy (non-hydrogen) atoms. The van der Waals surface area contributed by atoms with E-state index in [1.54, 1.807) is 12.1 Å². The molecule has 0 bridgehead atoms. The monoisotopic (exact) mass is 389 g/mol. The van der Waals surface area contributed by atoms with Gasteiger partial charge in [-0.25, -0.2) is 22.9 Å². The van der Waals surface area contributed by atoms with Crippen molar-refractivity contribution in [3.8, 4) is 0 Å². The van der Waals surface area contributed by atoms with E-state index in [0.717, 1.165) is 4.47 Å². The lowest BCUT2D eigenvalue weighted by Crippen LogP contribution is -2.34. The molecular formula is C12H9BrClN3O3S. The first kappa shape index (κ1) is 15.7. The molecule has 6 nitrogen and oxygen atoms in total. The number of amides is 2. The van der Waals surface area contributed by atoms with E-state index in [2.05, 4.69) is 26.2 Å². The molecule has 0 atom stereocenters. The minimum absolute atomic E-state index is 0.0274. The predicted octanol–water partition coefficient (Wildman–Crippen LogP) is 3.01. The van der Waals surface area contributed by atoms with E-state index >= 15 is 0 Å². The van der Waals surface area contributed by atoms with Crippen LogP contribution in [-0.2, 0) is 10.0 Å². The number of aromatic nitrogens is 1. The van der Waals surface area contributed by atoms with Gasteiger partial charge in [0.2, 0.25) is 0 Å². The Labute approximate surface area is 134 Å². The number of urea groups is 1. The zero-order valence-electron chi connectivity index (χ0n) is 10.4. The Morgan fingerprint density at radius 2 is 1.90 bits per heavy atom. The molecule has 0 spiro atoms. The van der Waals surface area contributed by atoms with Crippen LogP contribution in [0, 0.1) is 0 Å². The molecule has 0 aliphatic heterocycles. The summed E-state index contributed by atoms with van der Waals surface area (Å²) in [5.74, 6) is 0.213. The Hall–Kier alpha value is -1.64. The maximum absolute atomic E-state index is 12.0. The molecular weight excluding hydrogens is 382 g/mol. The number of sulfonamides is 1. The van der Waals surface area contributed by atoms with Crippen molar-refractivity contribution in [2.45, 2.75) is 4.90 Å². The van der Waals surface area contributed by atoms with Gasteiger partial charge < -0.3 is 0 Å². The summed E-state index contributed by atoms with van der Waals surface area (Å²) in [6, 6.07) is 8.07. The van der Waals surface area contributed by atoms with Gasteiger partial charge in [-0.2, -0.15) is 0 Å². The SMILES string of the molecule is O=C(Nc1ccc(Br)cn1)NS(=O)(=O)c1ccccc1Cl. The summed E-state index contributed by atoms with van der Waals surface area (Å²) in [6.07, 6.45) is 1.47. The standard InChI is InChI=1S/C12H9BrClN3O3S/c13-8-5-6-11(15-7-8)16-12(18)17-21(19,20)10-4-2-1-3-9(10)14/h1-7H,(H2,15,16,17,18). The summed E-state index contributed by atoms with van der Waals surface area (Å²) in [4.78, 5) is 15.4. The number of pyridine rings is 1. The van der Waals surface area contributed by atoms with Crippen molar-refractivity contribution in [1.29, 1.82) is 0 Å². The highest BCUT2D eigenvalue weighted by atomic mass is 79.9. The van der Waals surface area contributed by atoms with Crippen molar-refractivity contribution >= 4 is 49.4 Å². The molecule has 0 radical (unpaired) electrons. The van der Waals surface area contributed by atoms with Gasteiger partial charge in [0.15, 0.2) is 0 Å². The van der Waals surface area contributed by atoms with E-state index in [4.69, 9.17) is 11.6 Å². The summed E-state index contributed by atoms with van der Waals surface area (Å²) >= 11 is 9.00. The Bertz CT molecular complexity index is 766. The molecule has 0 aliphatic rings. The second-order valence-corrected chi connectivity index (χ2v) is 6.83. The van der Waals surface area contributed by atoms with Gasteiger partial charge in [-0.15, -0.1) is 0 Å². The van der Waals surface area contributed by atoms with Crippen LogP contribution in [0.3, 0.4) is 0 Å². The number of rotatable bonds is 3. The highest BCUT2D eigenvalue weighted by Gasteiger charge is 2.20. The molecule has 0 fully saturated rings. The lowest BCUT2D eigenvalue weighted by Gasteiger charge is -2.09. The van der Waals surface area contributed by atoms with E-state index in [1.807, 2.05) is 4.72 Å². The minimum atomic E-state index is -4.05. The third-order valence-corrected chi connectivity index (χ3v) is 4.62. The lowest BCUT2D eigenvalue weighted by atomic mass is 10.4. The maximum Gasteiger partial charge on any atom is 0.334 e. The predicted molar refractivity (Wildman–Crippen MR) is 82.7 cm³/mol. The molecule has 0 saturated heterocycles. The van der Waals surface area contributed by atoms with Crippen LogP contribution >= 0.6 is 27.5 Å². The zero-order valence-corrected chi connectivity index (χ0v) is 13.5. The summed E-state index contributed by atoms with van der Waals surface area (Å²) < 4.78 is 26.6. The van der Waals surface area contributed by atoms with E-state index in [0.29, 0.717) is 0 Å². The number of carbonyl (C=O) groups excluding carboxylic acids is 1. The molecule has 2 amide bonds. The van der Waals surface area contributed by atoms with Crippen LogP contribution in [0.4, 0.5) is 10.6 Å². The fraction of sp³-hybridized carbons (Fsp3) is 0. The molecule has 0 saturated carbocycles. The minimum Gasteiger partial charge on any atom is -0.292 e. The first-order valence-corrected chi connectivity index (χ1v) is 8.24. The molecule has 1 aromatic heterocycles. The van der Waals surface area contributed by atoms with E-state index < -0.39 is 16.1 Å². The fourth-order valence-electron chi connectivity index (χ4n) is 1.43. The number of nitrogens with zero attached hydrogens (tertiary/aromatic N) is 1. The van der Waals surface area contributed by atoms with Crippen LogP contribution in [0.25, 0.3) is 0 Å². The number of nitrogens with one attached hydrogen (secondary N) is 2. The molecule has 0 aliphatic carbocycles. The second kappa shape index (κ2) is 6.42. The van der Waals surface area contributed by atoms with Crippen LogP contribution in [0.2, 0.25) is 5.02 Å². The van der Waals surface area contributed by atoms with Gasteiger partial charge in [-0.3, -0.25) is 5.32 Å². The molecule has 0 unspecified atom stereocenters. The zero-order chi connectivity index (χ0) is 15.5. The molecule has 2 N–H and O–H groups in total. The van der Waals surface area contributed by atoms with Crippen LogP contribution in [0.5, 0.6) is 0 Å². The lowest BCUT2D eigenvalue weighted by molar-refractivity contribution is 0.256. The fourth-order valence-corrected chi connectivity index (χ4v) is 3.09. The number of hydrogen-bond donors (Lipinski definition) is 2. The van der Waals surface area contributed by atoms with Crippen LogP contribution < -0.4 is 10.0 Å². The van der Waals surface area contributed by atoms with Crippen molar-refractivity contribution in [3.63, 3.8) is 0 Å². The third-order valence-electron chi connectivity index (χ3n) is 2.32. The number of hydrogen-bond acceptors (Lipinski definition) is 4. The van der Waals surface area contributed by atoms with Crippen molar-refractivity contribution in [2.24, 2.45) is 0 Å². The number of halogens is 2. The van der Waals surface area contributed by atoms with Gasteiger partial charge in [0.05, 0.1) is 5.02 Å². The van der Waals surface area contributed by atoms with Crippen LogP contribution in [0.1, 0.15) is 0 Å². The van der Waals surface area contributed by atoms with E-state index in [1.165, 1.54) is 30.5 Å². The van der Waals surface area contributed by atoms with Gasteiger partial charge in [0, 0.05) is 10.7 Å². The van der Waals surface area contributed by atoms with Crippen LogP contribution in [0.15, 0.2) is 52.0 Å². The van der Waals surface area contributed by atoms with Crippen molar-refractivity contribution in [3.05, 3.63) is 52.1 Å². The Morgan fingerprint density at radius 1 is 1.19 bits per heavy atom. The van der Waals surface area contributed by atoms with Crippen molar-refractivity contribution in [1.82, 2.24) is 9.71 Å². The average molecular weight is 391 g/mol. The quantitative estimate of drug-likeness (QED) is 0.843. The van der Waals surface area contributed by atoms with Gasteiger partial charge >= 0.3 is 6.03 Å². The Balaban J connectivity index is 2.12. The Kier molecular flexibility index (Phi) is 4.81. The second-order valence-electron chi connectivity index (χ2n) is 3.85. The number of carbonyl (C=O) groups is 1. The van der Waals surface area contributed by atoms with Gasteiger partial charge in [0.1, 0.15) is 10.7 Å². The summed E-state index contributed by atoms with van der Waals surface area (Å²) in [5.41, 5.74) is 0. The van der Waals surface area contributed by atoms with E-state index in [9.17, 15) is 13.2 Å². The van der Waals surface area contributed by atoms with Crippen molar-refractivity contribution < 1.29 is 13.2 Å². The highest BCUT2D eigenvalue weighted by molar-refractivity contribution is 9.10. The smallest absolute Gasteiger partial charge is 0.292 e. The maximum atomic E-state index is 12.0. The van der Waals surface area contributed by atoms with Gasteiger partial charge in [-0.05, 0) is 40.2 Å². The molecule has 2 aromatic rings. The van der Waals surface area contributed by atoms with Gasteiger partial charge in [0.25, 0.3) is 10.0 Å². The normalized spacial score (nSPS) is 11.0. The highest BCUT2D eigenvalue weighted by Crippen LogP contribution is 2.20.